The van der Waals surface area contributed by atoms with Crippen LogP contribution < -0.4 is 9.80 Å². The molecule has 0 spiro atoms. The number of likely N-dealkylation sites (tertiary alicyclic amines) is 1. The van der Waals surface area contributed by atoms with Crippen molar-refractivity contribution in [2.45, 2.75) is 12.8 Å². The second-order valence-corrected chi connectivity index (χ2v) is 7.55. The van der Waals surface area contributed by atoms with Gasteiger partial charge in [-0.3, -0.25) is 9.59 Å². The van der Waals surface area contributed by atoms with E-state index in [9.17, 15) is 9.59 Å². The summed E-state index contributed by atoms with van der Waals surface area (Å²) in [4.78, 5) is 32.9. The Bertz CT molecular complexity index is 678. The molecular formula is C21H30N4O2. The molecule has 27 heavy (non-hydrogen) atoms. The third kappa shape index (κ3) is 4.43. The lowest BCUT2D eigenvalue weighted by molar-refractivity contribution is -0.139. The van der Waals surface area contributed by atoms with Crippen LogP contribution in [0.3, 0.4) is 0 Å². The van der Waals surface area contributed by atoms with Gasteiger partial charge in [0.1, 0.15) is 0 Å². The van der Waals surface area contributed by atoms with Gasteiger partial charge in [0.15, 0.2) is 0 Å². The predicted octanol–water partition coefficient (Wildman–Crippen LogP) is 1.83. The van der Waals surface area contributed by atoms with Crippen molar-refractivity contribution in [2.24, 2.45) is 5.92 Å². The van der Waals surface area contributed by atoms with Crippen LogP contribution in [0.5, 0.6) is 0 Å². The minimum absolute atomic E-state index is 0.0708. The number of hydrogen-bond acceptors (Lipinski definition) is 4. The number of anilines is 2. The van der Waals surface area contributed by atoms with Gasteiger partial charge in [-0.05, 0) is 43.2 Å². The van der Waals surface area contributed by atoms with Crippen LogP contribution >= 0.6 is 0 Å². The van der Waals surface area contributed by atoms with Gasteiger partial charge in [-0.1, -0.05) is 6.58 Å². The molecule has 0 aliphatic carbocycles. The SMILES string of the molecule is C=CC(=O)N1CCCC(C(=O)N2CCN(c3ccc(N(C)C)cc3)CC2)C1. The first-order chi connectivity index (χ1) is 13.0. The number of piperazine rings is 1. The molecule has 146 valence electrons. The van der Waals surface area contributed by atoms with E-state index in [1.807, 2.05) is 19.0 Å². The lowest BCUT2D eigenvalue weighted by Gasteiger charge is -2.39. The van der Waals surface area contributed by atoms with Gasteiger partial charge in [-0.2, -0.15) is 0 Å². The van der Waals surface area contributed by atoms with Crippen LogP contribution in [0, 0.1) is 5.92 Å². The molecule has 0 N–H and O–H groups in total. The van der Waals surface area contributed by atoms with Crippen LogP contribution in [-0.2, 0) is 9.59 Å². The molecule has 2 saturated heterocycles. The van der Waals surface area contributed by atoms with Crippen molar-refractivity contribution in [3.05, 3.63) is 36.9 Å². The van der Waals surface area contributed by atoms with E-state index in [4.69, 9.17) is 0 Å². The summed E-state index contributed by atoms with van der Waals surface area (Å²) < 4.78 is 0. The first-order valence-corrected chi connectivity index (χ1v) is 9.72. The van der Waals surface area contributed by atoms with Gasteiger partial charge in [-0.15, -0.1) is 0 Å². The Kier molecular flexibility index (Phi) is 6.04. The molecule has 0 saturated carbocycles. The van der Waals surface area contributed by atoms with Crippen molar-refractivity contribution >= 4 is 23.2 Å². The Hall–Kier alpha value is -2.50. The molecule has 6 heteroatoms. The van der Waals surface area contributed by atoms with E-state index in [0.29, 0.717) is 6.54 Å². The summed E-state index contributed by atoms with van der Waals surface area (Å²) in [5.74, 6) is 0.0474. The molecule has 1 aromatic carbocycles. The number of benzene rings is 1. The van der Waals surface area contributed by atoms with Crippen LogP contribution in [0.25, 0.3) is 0 Å². The van der Waals surface area contributed by atoms with Crippen molar-refractivity contribution in [3.63, 3.8) is 0 Å². The molecule has 0 bridgehead atoms. The van der Waals surface area contributed by atoms with Crippen LogP contribution in [0.4, 0.5) is 11.4 Å². The summed E-state index contributed by atoms with van der Waals surface area (Å²) in [5, 5.41) is 0. The number of carbonyl (C=O) groups is 2. The van der Waals surface area contributed by atoms with Gasteiger partial charge in [0.05, 0.1) is 5.92 Å². The van der Waals surface area contributed by atoms with E-state index in [1.165, 1.54) is 17.5 Å². The number of hydrogen-bond donors (Lipinski definition) is 0. The molecule has 2 heterocycles. The molecule has 1 aromatic rings. The fraction of sp³-hybridized carbons (Fsp3) is 0.524. The highest BCUT2D eigenvalue weighted by atomic mass is 16.2. The number of carbonyl (C=O) groups excluding carboxylic acids is 2. The second kappa shape index (κ2) is 8.46. The Morgan fingerprint density at radius 3 is 2.30 bits per heavy atom. The lowest BCUT2D eigenvalue weighted by Crippen LogP contribution is -2.53. The Labute approximate surface area is 162 Å². The lowest BCUT2D eigenvalue weighted by atomic mass is 9.96. The zero-order valence-corrected chi connectivity index (χ0v) is 16.4. The summed E-state index contributed by atoms with van der Waals surface area (Å²) in [6.07, 6.45) is 3.09. The van der Waals surface area contributed by atoms with Crippen molar-refractivity contribution < 1.29 is 9.59 Å². The Balaban J connectivity index is 1.54. The van der Waals surface area contributed by atoms with Gasteiger partial charge >= 0.3 is 0 Å². The zero-order valence-electron chi connectivity index (χ0n) is 16.4. The fourth-order valence-electron chi connectivity index (χ4n) is 3.91. The molecule has 3 rings (SSSR count). The molecule has 6 nitrogen and oxygen atoms in total. The third-order valence-corrected chi connectivity index (χ3v) is 5.58. The number of nitrogens with zero attached hydrogens (tertiary/aromatic N) is 4. The van der Waals surface area contributed by atoms with E-state index < -0.39 is 0 Å². The molecule has 2 fully saturated rings. The summed E-state index contributed by atoms with van der Waals surface area (Å²) in [5.41, 5.74) is 2.39. The van der Waals surface area contributed by atoms with Crippen LogP contribution in [-0.4, -0.2) is 75.0 Å². The Morgan fingerprint density at radius 2 is 1.70 bits per heavy atom. The summed E-state index contributed by atoms with van der Waals surface area (Å²) in [6, 6.07) is 8.54. The second-order valence-electron chi connectivity index (χ2n) is 7.55. The number of amides is 2. The summed E-state index contributed by atoms with van der Waals surface area (Å²) in [7, 11) is 4.07. The van der Waals surface area contributed by atoms with Crippen molar-refractivity contribution in [1.82, 2.24) is 9.80 Å². The predicted molar refractivity (Wildman–Crippen MR) is 109 cm³/mol. The van der Waals surface area contributed by atoms with Crippen molar-refractivity contribution in [3.8, 4) is 0 Å². The first kappa shape index (κ1) is 19.3. The van der Waals surface area contributed by atoms with Gasteiger partial charge in [0.25, 0.3) is 0 Å². The fourth-order valence-corrected chi connectivity index (χ4v) is 3.91. The molecule has 0 radical (unpaired) electrons. The van der Waals surface area contributed by atoms with E-state index in [-0.39, 0.29) is 17.7 Å². The smallest absolute Gasteiger partial charge is 0.245 e. The topological polar surface area (TPSA) is 47.1 Å². The van der Waals surface area contributed by atoms with Crippen molar-refractivity contribution in [1.29, 1.82) is 0 Å². The molecule has 2 aliphatic rings. The quantitative estimate of drug-likeness (QED) is 0.759. The average molecular weight is 370 g/mol. The highest BCUT2D eigenvalue weighted by Gasteiger charge is 2.32. The molecule has 1 atom stereocenters. The van der Waals surface area contributed by atoms with Crippen LogP contribution in [0.1, 0.15) is 12.8 Å². The zero-order chi connectivity index (χ0) is 19.4. The highest BCUT2D eigenvalue weighted by molar-refractivity contribution is 5.88. The van der Waals surface area contributed by atoms with Crippen LogP contribution in [0.15, 0.2) is 36.9 Å². The first-order valence-electron chi connectivity index (χ1n) is 9.72. The molecule has 2 amide bonds. The van der Waals surface area contributed by atoms with E-state index >= 15 is 0 Å². The summed E-state index contributed by atoms with van der Waals surface area (Å²) >= 11 is 0. The maximum atomic E-state index is 12.9. The monoisotopic (exact) mass is 370 g/mol. The maximum Gasteiger partial charge on any atom is 0.245 e. The minimum Gasteiger partial charge on any atom is -0.378 e. The normalized spacial score (nSPS) is 20.4. The van der Waals surface area contributed by atoms with Crippen LogP contribution in [0.2, 0.25) is 0 Å². The van der Waals surface area contributed by atoms with Gasteiger partial charge < -0.3 is 19.6 Å². The molecular weight excluding hydrogens is 340 g/mol. The molecule has 1 unspecified atom stereocenters. The molecule has 2 aliphatic heterocycles. The van der Waals surface area contributed by atoms with Gasteiger partial charge in [0.2, 0.25) is 11.8 Å². The maximum absolute atomic E-state index is 12.9. The largest absolute Gasteiger partial charge is 0.378 e. The van der Waals surface area contributed by atoms with Gasteiger partial charge in [-0.25, -0.2) is 0 Å². The van der Waals surface area contributed by atoms with E-state index in [0.717, 1.165) is 45.6 Å². The van der Waals surface area contributed by atoms with E-state index in [2.05, 4.69) is 40.6 Å². The third-order valence-electron chi connectivity index (χ3n) is 5.58. The minimum atomic E-state index is -0.0754. The molecule has 0 aromatic heterocycles. The van der Waals surface area contributed by atoms with E-state index in [1.54, 1.807) is 4.90 Å². The average Bonchev–Trinajstić information content (AvgIpc) is 2.73. The summed E-state index contributed by atoms with van der Waals surface area (Å²) in [6.45, 7) is 7.96. The van der Waals surface area contributed by atoms with Gasteiger partial charge in [0, 0.05) is 64.7 Å². The van der Waals surface area contributed by atoms with Crippen molar-refractivity contribution in [2.75, 3.05) is 63.2 Å². The standard InChI is InChI=1S/C21H30N4O2/c1-4-20(26)25-11-5-6-17(16-25)21(27)24-14-12-23(13-15-24)19-9-7-18(8-10-19)22(2)3/h4,7-10,17H,1,5-6,11-16H2,2-3H3. The highest BCUT2D eigenvalue weighted by Crippen LogP contribution is 2.23. The number of rotatable bonds is 4. The number of piperidine rings is 1. The Morgan fingerprint density at radius 1 is 1.04 bits per heavy atom.